The molecule has 2 amide bonds. The maximum absolute atomic E-state index is 13.5. The second-order valence-corrected chi connectivity index (χ2v) is 6.01. The molecule has 4 nitrogen and oxygen atoms in total. The number of aliphatic hydroxyl groups excluding tert-OH is 1. The molecule has 1 atom stereocenters. The quantitative estimate of drug-likeness (QED) is 0.777. The summed E-state index contributed by atoms with van der Waals surface area (Å²) in [5.41, 5.74) is 0.809. The van der Waals surface area contributed by atoms with Gasteiger partial charge in [-0.15, -0.1) is 0 Å². The van der Waals surface area contributed by atoms with Gasteiger partial charge in [0.05, 0.1) is 11.8 Å². The van der Waals surface area contributed by atoms with Crippen LogP contribution in [0.3, 0.4) is 0 Å². The Morgan fingerprint density at radius 2 is 2.10 bits per heavy atom. The zero-order valence-electron chi connectivity index (χ0n) is 12.5. The van der Waals surface area contributed by atoms with Crippen LogP contribution in [-0.4, -0.2) is 23.8 Å². The summed E-state index contributed by atoms with van der Waals surface area (Å²) in [6.07, 6.45) is 0.149. The molecule has 0 bridgehead atoms. The average molecular weight is 282 g/mol. The second kappa shape index (κ2) is 6.70. The van der Waals surface area contributed by atoms with Crippen LogP contribution in [0, 0.1) is 18.2 Å². The normalized spacial score (nSPS) is 12.9. The molecule has 1 rings (SSSR count). The van der Waals surface area contributed by atoms with Crippen molar-refractivity contribution in [2.75, 3.05) is 11.9 Å². The topological polar surface area (TPSA) is 61.4 Å². The number of anilines is 1. The molecule has 0 radical (unpaired) electrons. The number of carbonyl (C=O) groups excluding carboxylic acids is 1. The third kappa shape index (κ3) is 5.57. The summed E-state index contributed by atoms with van der Waals surface area (Å²) in [6, 6.07) is 4.09. The molecule has 3 N–H and O–H groups in total. The van der Waals surface area contributed by atoms with E-state index in [0.717, 1.165) is 5.56 Å². The minimum Gasteiger partial charge on any atom is -0.393 e. The molecular weight excluding hydrogens is 259 g/mol. The molecule has 0 aliphatic heterocycles. The van der Waals surface area contributed by atoms with Gasteiger partial charge in [0, 0.05) is 6.54 Å². The predicted octanol–water partition coefficient (Wildman–Crippen LogP) is 3.05. The van der Waals surface area contributed by atoms with E-state index >= 15 is 0 Å². The number of aryl methyl sites for hydroxylation is 1. The van der Waals surface area contributed by atoms with Gasteiger partial charge in [0.15, 0.2) is 0 Å². The molecule has 0 aromatic heterocycles. The lowest BCUT2D eigenvalue weighted by Gasteiger charge is -2.26. The second-order valence-electron chi connectivity index (χ2n) is 6.01. The van der Waals surface area contributed by atoms with Crippen molar-refractivity contribution < 1.29 is 14.3 Å². The largest absolute Gasteiger partial charge is 0.393 e. The van der Waals surface area contributed by atoms with Crippen LogP contribution in [0.4, 0.5) is 14.9 Å². The van der Waals surface area contributed by atoms with Gasteiger partial charge in [-0.2, -0.15) is 0 Å². The standard InChI is InChI=1S/C15H23FN2O2/c1-10-5-6-12(16)13(7-10)18-14(20)17-9-15(3,4)8-11(2)19/h5-7,11,19H,8-9H2,1-4H3,(H2,17,18,20). The van der Waals surface area contributed by atoms with Gasteiger partial charge < -0.3 is 15.7 Å². The van der Waals surface area contributed by atoms with Crippen molar-refractivity contribution in [3.05, 3.63) is 29.6 Å². The summed E-state index contributed by atoms with van der Waals surface area (Å²) in [5, 5.41) is 14.6. The van der Waals surface area contributed by atoms with Crippen LogP contribution in [0.2, 0.25) is 0 Å². The zero-order valence-corrected chi connectivity index (χ0v) is 12.5. The number of rotatable bonds is 5. The van der Waals surface area contributed by atoms with Crippen LogP contribution in [0.25, 0.3) is 0 Å². The van der Waals surface area contributed by atoms with Crippen molar-refractivity contribution in [1.29, 1.82) is 0 Å². The third-order valence-electron chi connectivity index (χ3n) is 2.95. The van der Waals surface area contributed by atoms with Crippen molar-refractivity contribution in [3.8, 4) is 0 Å². The van der Waals surface area contributed by atoms with Crippen molar-refractivity contribution >= 4 is 11.7 Å². The zero-order chi connectivity index (χ0) is 15.3. The molecular formula is C15H23FN2O2. The fourth-order valence-corrected chi connectivity index (χ4v) is 2.09. The molecule has 20 heavy (non-hydrogen) atoms. The SMILES string of the molecule is Cc1ccc(F)c(NC(=O)NCC(C)(C)CC(C)O)c1. The summed E-state index contributed by atoms with van der Waals surface area (Å²) in [4.78, 5) is 11.8. The number of hydrogen-bond donors (Lipinski definition) is 3. The summed E-state index contributed by atoms with van der Waals surface area (Å²) >= 11 is 0. The van der Waals surface area contributed by atoms with Crippen molar-refractivity contribution in [1.82, 2.24) is 5.32 Å². The van der Waals surface area contributed by atoms with Crippen LogP contribution in [0.1, 0.15) is 32.8 Å². The van der Waals surface area contributed by atoms with Crippen LogP contribution in [0.15, 0.2) is 18.2 Å². The summed E-state index contributed by atoms with van der Waals surface area (Å²) in [5.74, 6) is -0.464. The van der Waals surface area contributed by atoms with Crippen LogP contribution in [-0.2, 0) is 0 Å². The van der Waals surface area contributed by atoms with Crippen LogP contribution in [0.5, 0.6) is 0 Å². The van der Waals surface area contributed by atoms with Gasteiger partial charge in [-0.05, 0) is 43.4 Å². The summed E-state index contributed by atoms with van der Waals surface area (Å²) in [7, 11) is 0. The fourth-order valence-electron chi connectivity index (χ4n) is 2.09. The Hall–Kier alpha value is -1.62. The molecule has 0 fully saturated rings. The van der Waals surface area contributed by atoms with E-state index in [0.29, 0.717) is 13.0 Å². The Morgan fingerprint density at radius 3 is 2.70 bits per heavy atom. The van der Waals surface area contributed by atoms with E-state index in [1.54, 1.807) is 19.1 Å². The maximum Gasteiger partial charge on any atom is 0.319 e. The minimum atomic E-state index is -0.464. The fraction of sp³-hybridized carbons (Fsp3) is 0.533. The molecule has 0 saturated heterocycles. The number of halogens is 1. The lowest BCUT2D eigenvalue weighted by Crippen LogP contribution is -2.38. The average Bonchev–Trinajstić information content (AvgIpc) is 2.30. The smallest absolute Gasteiger partial charge is 0.319 e. The molecule has 0 saturated carbocycles. The van der Waals surface area contributed by atoms with Crippen molar-refractivity contribution in [2.45, 2.75) is 40.2 Å². The van der Waals surface area contributed by atoms with Gasteiger partial charge in [0.1, 0.15) is 5.82 Å². The number of aliphatic hydroxyl groups is 1. The molecule has 5 heteroatoms. The molecule has 112 valence electrons. The molecule has 1 aromatic carbocycles. The highest BCUT2D eigenvalue weighted by Crippen LogP contribution is 2.21. The maximum atomic E-state index is 13.5. The van der Waals surface area contributed by atoms with Crippen LogP contribution >= 0.6 is 0 Å². The highest BCUT2D eigenvalue weighted by molar-refractivity contribution is 5.89. The Labute approximate surface area is 119 Å². The first-order chi connectivity index (χ1) is 9.19. The molecule has 0 heterocycles. The summed E-state index contributed by atoms with van der Waals surface area (Å²) < 4.78 is 13.5. The third-order valence-corrected chi connectivity index (χ3v) is 2.95. The molecule has 0 spiro atoms. The van der Waals surface area contributed by atoms with Gasteiger partial charge in [-0.25, -0.2) is 9.18 Å². The Morgan fingerprint density at radius 1 is 1.45 bits per heavy atom. The number of hydrogen-bond acceptors (Lipinski definition) is 2. The highest BCUT2D eigenvalue weighted by Gasteiger charge is 2.21. The van der Waals surface area contributed by atoms with E-state index in [1.165, 1.54) is 6.07 Å². The first-order valence-corrected chi connectivity index (χ1v) is 6.69. The lowest BCUT2D eigenvalue weighted by atomic mass is 9.87. The lowest BCUT2D eigenvalue weighted by molar-refractivity contribution is 0.129. The van der Waals surface area contributed by atoms with E-state index in [9.17, 15) is 14.3 Å². The Bertz CT molecular complexity index is 473. The van der Waals surface area contributed by atoms with E-state index < -0.39 is 18.0 Å². The number of amides is 2. The van der Waals surface area contributed by atoms with E-state index in [2.05, 4.69) is 10.6 Å². The van der Waals surface area contributed by atoms with Crippen molar-refractivity contribution in [3.63, 3.8) is 0 Å². The number of benzene rings is 1. The molecule has 1 unspecified atom stereocenters. The monoisotopic (exact) mass is 282 g/mol. The van der Waals surface area contributed by atoms with E-state index in [4.69, 9.17) is 0 Å². The summed E-state index contributed by atoms with van der Waals surface area (Å²) in [6.45, 7) is 7.84. The van der Waals surface area contributed by atoms with Gasteiger partial charge in [0.25, 0.3) is 0 Å². The minimum absolute atomic E-state index is 0.163. The predicted molar refractivity (Wildman–Crippen MR) is 78.2 cm³/mol. The van der Waals surface area contributed by atoms with Gasteiger partial charge in [-0.3, -0.25) is 0 Å². The molecule has 0 aliphatic rings. The highest BCUT2D eigenvalue weighted by atomic mass is 19.1. The Kier molecular flexibility index (Phi) is 5.51. The van der Waals surface area contributed by atoms with E-state index in [-0.39, 0.29) is 11.1 Å². The van der Waals surface area contributed by atoms with Gasteiger partial charge >= 0.3 is 6.03 Å². The van der Waals surface area contributed by atoms with Crippen LogP contribution < -0.4 is 10.6 Å². The van der Waals surface area contributed by atoms with E-state index in [1.807, 2.05) is 20.8 Å². The van der Waals surface area contributed by atoms with Crippen molar-refractivity contribution in [2.24, 2.45) is 5.41 Å². The Balaban J connectivity index is 2.54. The molecule has 1 aromatic rings. The number of urea groups is 1. The number of nitrogens with one attached hydrogen (secondary N) is 2. The first-order valence-electron chi connectivity index (χ1n) is 6.69. The number of carbonyl (C=O) groups is 1. The first kappa shape index (κ1) is 16.4. The van der Waals surface area contributed by atoms with Gasteiger partial charge in [0.2, 0.25) is 0 Å². The van der Waals surface area contributed by atoms with Gasteiger partial charge in [-0.1, -0.05) is 19.9 Å². The molecule has 0 aliphatic carbocycles.